The number of rotatable bonds is 5. The smallest absolute Gasteiger partial charge is 0.312 e. The van der Waals surface area contributed by atoms with Gasteiger partial charge in [-0.3, -0.25) is 19.4 Å². The lowest BCUT2D eigenvalue weighted by Crippen LogP contribution is -2.46. The van der Waals surface area contributed by atoms with Crippen LogP contribution in [0, 0.1) is 36.5 Å². The van der Waals surface area contributed by atoms with E-state index < -0.39 is 88.8 Å². The van der Waals surface area contributed by atoms with E-state index in [-0.39, 0.29) is 44.8 Å². The first kappa shape index (κ1) is 47.9. The van der Waals surface area contributed by atoms with E-state index in [1.807, 2.05) is 37.3 Å². The second-order valence-electron chi connectivity index (χ2n) is 17.9. The number of esters is 1. The topological polar surface area (TPSA) is 220 Å². The Morgan fingerprint density at radius 2 is 1.58 bits per heavy atom. The molecule has 3 aromatic rings. The number of carbonyl (C=O) groups is 3. The number of hydrazone groups is 1. The molecule has 3 aromatic carbocycles. The summed E-state index contributed by atoms with van der Waals surface area (Å²) in [6, 6.07) is 9.98. The number of amides is 1. The minimum atomic E-state index is -2.04. The number of benzene rings is 3. The first-order chi connectivity index (χ1) is 30.3. The van der Waals surface area contributed by atoms with Crippen molar-refractivity contribution in [3.05, 3.63) is 59.4 Å². The van der Waals surface area contributed by atoms with Crippen LogP contribution in [0.3, 0.4) is 0 Å². The average molecular weight is 889 g/mol. The standard InChI is InChI=1S/C48H64N4O12/c1-25-14-13-15-26(2)47(60)50-38-33(24-49-52-21-19-51(20-22-52)32-16-11-10-12-17-32)42(57)35-36(43(38)58)41(56)30(6)45-37(35)46(59)48(8,64-45)62-23-18-34(61-9)27(3)44(63-31(7)53)29(5)40(55)28(4)39(25)54/h10-12,16-18,23-29,34,39-40,44,54-58H,13-15,19-22H2,1-9H3,(H,50,60)/b23-18+,49-24+/t25-,26?,27-,28-,29+,34+,39-,40+,44-,48+/m1/s1. The maximum atomic E-state index is 14.6. The third kappa shape index (κ3) is 9.45. The highest BCUT2D eigenvalue weighted by Crippen LogP contribution is 2.55. The van der Waals surface area contributed by atoms with Crippen molar-refractivity contribution in [1.29, 1.82) is 0 Å². The van der Waals surface area contributed by atoms with Crippen LogP contribution >= 0.6 is 0 Å². The van der Waals surface area contributed by atoms with Gasteiger partial charge in [0, 0.05) is 74.4 Å². The van der Waals surface area contributed by atoms with Gasteiger partial charge in [0.15, 0.2) is 5.75 Å². The van der Waals surface area contributed by atoms with Crippen molar-refractivity contribution in [2.45, 2.75) is 105 Å². The van der Waals surface area contributed by atoms with Gasteiger partial charge < -0.3 is 54.7 Å². The lowest BCUT2D eigenvalue weighted by molar-refractivity contribution is -0.160. The normalized spacial score (nSPS) is 30.3. The number of ketones is 1. The monoisotopic (exact) mass is 888 g/mol. The molecule has 0 radical (unpaired) electrons. The number of fused-ring (bicyclic) bond motifs is 16. The largest absolute Gasteiger partial charge is 0.507 e. The Morgan fingerprint density at radius 3 is 2.22 bits per heavy atom. The van der Waals surface area contributed by atoms with Crippen LogP contribution in [0.4, 0.5) is 11.4 Å². The number of Topliss-reactive ketones (excluding diaryl/α,β-unsaturated/α-hetero) is 1. The van der Waals surface area contributed by atoms with E-state index in [0.29, 0.717) is 45.4 Å². The van der Waals surface area contributed by atoms with Gasteiger partial charge in [0.2, 0.25) is 5.91 Å². The highest BCUT2D eigenvalue weighted by atomic mass is 16.7. The van der Waals surface area contributed by atoms with Crippen molar-refractivity contribution >= 4 is 46.0 Å². The Bertz CT molecular complexity index is 2260. The Kier molecular flexibility index (Phi) is 14.7. The average Bonchev–Trinajstić information content (AvgIpc) is 3.54. The predicted octanol–water partition coefficient (Wildman–Crippen LogP) is 6.21. The van der Waals surface area contributed by atoms with Crippen LogP contribution in [0.15, 0.2) is 47.8 Å². The van der Waals surface area contributed by atoms with E-state index in [9.17, 15) is 39.9 Å². The predicted molar refractivity (Wildman–Crippen MR) is 242 cm³/mol. The quantitative estimate of drug-likeness (QED) is 0.0726. The van der Waals surface area contributed by atoms with Gasteiger partial charge in [0.25, 0.3) is 5.78 Å². The maximum Gasteiger partial charge on any atom is 0.312 e. The van der Waals surface area contributed by atoms with Crippen LogP contribution in [-0.2, 0) is 23.8 Å². The summed E-state index contributed by atoms with van der Waals surface area (Å²) in [5.74, 6) is -8.35. The Morgan fingerprint density at radius 1 is 0.906 bits per heavy atom. The van der Waals surface area contributed by atoms with Gasteiger partial charge >= 0.3 is 11.8 Å². The van der Waals surface area contributed by atoms with Crippen molar-refractivity contribution < 1.29 is 58.9 Å². The Hall–Kier alpha value is -5.58. The number of hydrogen-bond acceptors (Lipinski definition) is 15. The fourth-order valence-electron chi connectivity index (χ4n) is 9.28. The van der Waals surface area contributed by atoms with Gasteiger partial charge in [-0.2, -0.15) is 5.10 Å². The number of carbonyl (C=O) groups excluding carboxylic acids is 3. The minimum Gasteiger partial charge on any atom is -0.507 e. The summed E-state index contributed by atoms with van der Waals surface area (Å²) in [6.45, 7) is 15.3. The number of anilines is 2. The molecule has 5 bridgehead atoms. The van der Waals surface area contributed by atoms with Gasteiger partial charge in [-0.25, -0.2) is 0 Å². The van der Waals surface area contributed by atoms with Crippen LogP contribution in [0.2, 0.25) is 0 Å². The van der Waals surface area contributed by atoms with Gasteiger partial charge in [-0.1, -0.05) is 59.2 Å². The molecule has 0 saturated carbocycles. The number of aliphatic hydroxyl groups is 2. The van der Waals surface area contributed by atoms with E-state index in [0.717, 1.165) is 5.69 Å². The number of para-hydroxylation sites is 1. The number of phenolic OH excluding ortho intramolecular Hbond substituents is 3. The number of ether oxygens (including phenoxy) is 4. The van der Waals surface area contributed by atoms with Crippen LogP contribution in [0.5, 0.6) is 23.0 Å². The van der Waals surface area contributed by atoms with Crippen molar-refractivity contribution in [1.82, 2.24) is 5.01 Å². The summed E-state index contributed by atoms with van der Waals surface area (Å²) < 4.78 is 23.8. The maximum absolute atomic E-state index is 14.6. The van der Waals surface area contributed by atoms with E-state index >= 15 is 0 Å². The van der Waals surface area contributed by atoms with E-state index in [1.54, 1.807) is 32.7 Å². The summed E-state index contributed by atoms with van der Waals surface area (Å²) in [4.78, 5) is 43.1. The molecule has 1 saturated heterocycles. The van der Waals surface area contributed by atoms with Crippen molar-refractivity contribution in [2.75, 3.05) is 43.5 Å². The summed E-state index contributed by atoms with van der Waals surface area (Å²) in [5.41, 5.74) is 0.671. The molecule has 7 rings (SSSR count). The molecule has 1 unspecified atom stereocenters. The third-order valence-electron chi connectivity index (χ3n) is 13.4. The van der Waals surface area contributed by atoms with Gasteiger partial charge in [0.05, 0.1) is 66.1 Å². The number of methoxy groups -OCH3 is 1. The second kappa shape index (κ2) is 19.7. The van der Waals surface area contributed by atoms with E-state index in [1.165, 1.54) is 46.4 Å². The highest BCUT2D eigenvalue weighted by molar-refractivity contribution is 6.23. The molecule has 1 fully saturated rings. The molecule has 4 heterocycles. The summed E-state index contributed by atoms with van der Waals surface area (Å²) in [6.07, 6.45) is 1.77. The van der Waals surface area contributed by atoms with E-state index in [4.69, 9.17) is 18.9 Å². The van der Waals surface area contributed by atoms with Crippen LogP contribution in [-0.4, -0.2) is 118 Å². The fraction of sp³-hybridized carbons (Fsp3) is 0.542. The molecule has 6 N–H and O–H groups in total. The molecule has 1 amide bonds. The highest BCUT2D eigenvalue weighted by Gasteiger charge is 2.50. The fourth-order valence-corrected chi connectivity index (χ4v) is 9.28. The number of hydrogen-bond donors (Lipinski definition) is 6. The first-order valence-electron chi connectivity index (χ1n) is 22.1. The van der Waals surface area contributed by atoms with Crippen LogP contribution in [0.25, 0.3) is 10.8 Å². The molecule has 0 aromatic heterocycles. The molecule has 0 aliphatic carbocycles. The molecule has 4 aliphatic heterocycles. The number of phenols is 3. The summed E-state index contributed by atoms with van der Waals surface area (Å²) in [5, 5.41) is 67.8. The number of aliphatic hydroxyl groups excluding tert-OH is 2. The first-order valence-corrected chi connectivity index (χ1v) is 22.1. The zero-order valence-corrected chi connectivity index (χ0v) is 38.2. The minimum absolute atomic E-state index is 0.0708. The number of aromatic hydroxyl groups is 3. The van der Waals surface area contributed by atoms with Crippen molar-refractivity contribution in [2.24, 2.45) is 34.7 Å². The molecular weight excluding hydrogens is 825 g/mol. The van der Waals surface area contributed by atoms with Gasteiger partial charge in [-0.05, 0) is 43.9 Å². The molecule has 64 heavy (non-hydrogen) atoms. The van der Waals surface area contributed by atoms with E-state index in [2.05, 4.69) is 15.3 Å². The van der Waals surface area contributed by atoms with Crippen molar-refractivity contribution in [3.63, 3.8) is 0 Å². The molecule has 4 aliphatic rings. The Balaban J connectivity index is 1.44. The molecule has 16 nitrogen and oxygen atoms in total. The zero-order chi connectivity index (χ0) is 46.8. The Labute approximate surface area is 374 Å². The van der Waals surface area contributed by atoms with Crippen LogP contribution < -0.4 is 15.0 Å². The number of nitrogens with one attached hydrogen (secondary N) is 1. The molecule has 10 atom stereocenters. The number of piperazine rings is 1. The SMILES string of the molecule is CO[C@H]1/C=C/O[C@@]2(C)Oc3c(C)c(O)c4c(O)c(c(/C=N/N5CCN(c6ccccc6)CC5)c(O)c4c3C2=O)NC(=O)C(C)CCC[C@@H](C)[C@@H](O)[C@@H](C)[C@H](O)[C@H](C)[C@H](OC(C)=O)[C@@H]1C. The number of nitrogens with zero attached hydrogens (tertiary/aromatic N) is 3. The zero-order valence-electron chi connectivity index (χ0n) is 38.2. The van der Waals surface area contributed by atoms with Crippen molar-refractivity contribution in [3.8, 4) is 23.0 Å². The van der Waals surface area contributed by atoms with Gasteiger partial charge in [-0.15, -0.1) is 0 Å². The van der Waals surface area contributed by atoms with Gasteiger partial charge in [0.1, 0.15) is 23.4 Å². The molecular formula is C48H64N4O12. The second-order valence-corrected chi connectivity index (χ2v) is 17.9. The van der Waals surface area contributed by atoms with Crippen LogP contribution in [0.1, 0.15) is 89.2 Å². The molecule has 0 spiro atoms. The summed E-state index contributed by atoms with van der Waals surface area (Å²) in [7, 11) is 1.45. The molecule has 348 valence electrons. The lowest BCUT2D eigenvalue weighted by atomic mass is 9.77. The lowest BCUT2D eigenvalue weighted by Gasteiger charge is -2.38. The summed E-state index contributed by atoms with van der Waals surface area (Å²) >= 11 is 0. The molecule has 16 heteroatoms. The third-order valence-corrected chi connectivity index (χ3v) is 13.4.